The maximum absolute atomic E-state index is 13.5. The summed E-state index contributed by atoms with van der Waals surface area (Å²) >= 11 is 0. The topological polar surface area (TPSA) is 66.2 Å². The summed E-state index contributed by atoms with van der Waals surface area (Å²) in [5.41, 5.74) is -0.238. The van der Waals surface area contributed by atoms with Crippen LogP contribution in [0.2, 0.25) is 0 Å². The highest BCUT2D eigenvalue weighted by atomic mass is 19.4. The number of alkyl halides is 3. The number of aliphatic hydroxyl groups excluding tert-OH is 1. The molecule has 2 aromatic rings. The van der Waals surface area contributed by atoms with Gasteiger partial charge in [0.1, 0.15) is 6.33 Å². The molecule has 2 rings (SSSR count). The van der Waals surface area contributed by atoms with E-state index in [2.05, 4.69) is 35.1 Å². The largest absolute Gasteiger partial charge is 0.417 e. The molecule has 6 nitrogen and oxygen atoms in total. The van der Waals surface area contributed by atoms with Crippen molar-refractivity contribution >= 4 is 17.3 Å². The van der Waals surface area contributed by atoms with Crippen LogP contribution in [0.5, 0.6) is 0 Å². The van der Waals surface area contributed by atoms with Crippen molar-refractivity contribution in [3.63, 3.8) is 0 Å². The molecule has 0 unspecified atom stereocenters. The molecule has 2 aromatic heterocycles. The lowest BCUT2D eigenvalue weighted by Crippen LogP contribution is -2.19. The van der Waals surface area contributed by atoms with Gasteiger partial charge in [0.25, 0.3) is 0 Å². The predicted molar refractivity (Wildman–Crippen MR) is 122 cm³/mol. The average molecular weight is 465 g/mol. The molecule has 2 N–H and O–H groups in total. The summed E-state index contributed by atoms with van der Waals surface area (Å²) < 4.78 is 55.5. The summed E-state index contributed by atoms with van der Waals surface area (Å²) in [5.74, 6) is 0. The van der Waals surface area contributed by atoms with E-state index in [1.807, 2.05) is 19.0 Å². The first-order chi connectivity index (χ1) is 15.5. The second kappa shape index (κ2) is 11.1. The minimum Gasteiger partial charge on any atom is -0.394 e. The Morgan fingerprint density at radius 2 is 2.00 bits per heavy atom. The Morgan fingerprint density at radius 3 is 2.55 bits per heavy atom. The standard InChI is InChI=1S/C23H27F4N5O/c1-6-19-20(16(3)29-18(12-24)7-8-31(4)5)11-21(17-13-28-32(14-17)9-10-33)30-22(19)15(2)23(25,26)27/h6,11-14,29,33H,1-3,7-10H2,4-5H3/b18-12-. The van der Waals surface area contributed by atoms with Crippen LogP contribution in [0.3, 0.4) is 0 Å². The van der Waals surface area contributed by atoms with Gasteiger partial charge in [0, 0.05) is 47.2 Å². The lowest BCUT2D eigenvalue weighted by atomic mass is 9.97. The lowest BCUT2D eigenvalue weighted by Gasteiger charge is -2.20. The number of nitrogens with one attached hydrogen (secondary N) is 1. The minimum atomic E-state index is -4.73. The van der Waals surface area contributed by atoms with E-state index in [-0.39, 0.29) is 41.4 Å². The van der Waals surface area contributed by atoms with Gasteiger partial charge in [-0.1, -0.05) is 25.8 Å². The van der Waals surface area contributed by atoms with E-state index in [0.29, 0.717) is 24.9 Å². The number of rotatable bonds is 11. The third-order valence-corrected chi connectivity index (χ3v) is 4.75. The van der Waals surface area contributed by atoms with Crippen molar-refractivity contribution in [3.8, 4) is 11.3 Å². The fraction of sp³-hybridized carbons (Fsp3) is 0.304. The van der Waals surface area contributed by atoms with E-state index in [9.17, 15) is 17.6 Å². The highest BCUT2D eigenvalue weighted by Crippen LogP contribution is 2.37. The van der Waals surface area contributed by atoms with E-state index < -0.39 is 17.4 Å². The van der Waals surface area contributed by atoms with Gasteiger partial charge < -0.3 is 15.3 Å². The molecule has 0 fully saturated rings. The molecular weight excluding hydrogens is 438 g/mol. The quantitative estimate of drug-likeness (QED) is 0.479. The van der Waals surface area contributed by atoms with Gasteiger partial charge in [-0.15, -0.1) is 0 Å². The Labute approximate surface area is 190 Å². The van der Waals surface area contributed by atoms with Crippen LogP contribution >= 0.6 is 0 Å². The smallest absolute Gasteiger partial charge is 0.394 e. The minimum absolute atomic E-state index is 0.0622. The highest BCUT2D eigenvalue weighted by molar-refractivity contribution is 5.83. The van der Waals surface area contributed by atoms with E-state index >= 15 is 0 Å². The molecule has 0 aromatic carbocycles. The molecule has 178 valence electrons. The molecule has 0 spiro atoms. The zero-order valence-corrected chi connectivity index (χ0v) is 18.6. The summed E-state index contributed by atoms with van der Waals surface area (Å²) in [6.07, 6.45) is 0.218. The summed E-state index contributed by atoms with van der Waals surface area (Å²) in [5, 5.41) is 16.0. The first-order valence-electron chi connectivity index (χ1n) is 9.99. The summed E-state index contributed by atoms with van der Waals surface area (Å²) in [6, 6.07) is 1.53. The monoisotopic (exact) mass is 465 g/mol. The molecule has 0 aliphatic rings. The van der Waals surface area contributed by atoms with Crippen LogP contribution in [0, 0.1) is 0 Å². The van der Waals surface area contributed by atoms with Gasteiger partial charge in [0.2, 0.25) is 0 Å². The van der Waals surface area contributed by atoms with E-state index in [1.54, 1.807) is 6.20 Å². The Hall–Kier alpha value is -3.24. The summed E-state index contributed by atoms with van der Waals surface area (Å²) in [7, 11) is 3.67. The maximum Gasteiger partial charge on any atom is 0.417 e. The summed E-state index contributed by atoms with van der Waals surface area (Å²) in [4.78, 5) is 6.05. The zero-order valence-electron chi connectivity index (χ0n) is 18.6. The van der Waals surface area contributed by atoms with Crippen LogP contribution in [0.1, 0.15) is 23.2 Å². The van der Waals surface area contributed by atoms with Crippen LogP contribution in [0.25, 0.3) is 28.6 Å². The van der Waals surface area contributed by atoms with E-state index in [0.717, 1.165) is 0 Å². The van der Waals surface area contributed by atoms with Gasteiger partial charge in [-0.3, -0.25) is 4.68 Å². The van der Waals surface area contributed by atoms with Crippen LogP contribution in [0.15, 0.2) is 50.2 Å². The van der Waals surface area contributed by atoms with Gasteiger partial charge in [-0.2, -0.15) is 18.3 Å². The molecular formula is C23H27F4N5O. The number of hydrogen-bond donors (Lipinski definition) is 2. The van der Waals surface area contributed by atoms with Crippen molar-refractivity contribution in [2.24, 2.45) is 0 Å². The maximum atomic E-state index is 13.5. The molecule has 2 heterocycles. The molecule has 33 heavy (non-hydrogen) atoms. The second-order valence-electron chi connectivity index (χ2n) is 7.50. The van der Waals surface area contributed by atoms with Crippen molar-refractivity contribution in [1.82, 2.24) is 25.0 Å². The third-order valence-electron chi connectivity index (χ3n) is 4.75. The molecule has 0 saturated heterocycles. The number of aromatic nitrogens is 3. The van der Waals surface area contributed by atoms with Gasteiger partial charge in [-0.25, -0.2) is 9.37 Å². The normalized spacial score (nSPS) is 12.2. The molecule has 10 heteroatoms. The van der Waals surface area contributed by atoms with Crippen molar-refractivity contribution in [2.45, 2.75) is 19.1 Å². The number of hydrogen-bond acceptors (Lipinski definition) is 5. The van der Waals surface area contributed by atoms with E-state index in [1.165, 1.54) is 23.0 Å². The summed E-state index contributed by atoms with van der Waals surface area (Å²) in [6.45, 7) is 11.3. The van der Waals surface area contributed by atoms with Crippen LogP contribution in [-0.4, -0.2) is 58.2 Å². The van der Waals surface area contributed by atoms with Gasteiger partial charge >= 0.3 is 6.18 Å². The third kappa shape index (κ3) is 6.62. The second-order valence-corrected chi connectivity index (χ2v) is 7.50. The molecule has 0 bridgehead atoms. The number of aliphatic hydroxyl groups is 1. The van der Waals surface area contributed by atoms with Crippen LogP contribution in [-0.2, 0) is 6.54 Å². The Morgan fingerprint density at radius 1 is 1.30 bits per heavy atom. The number of halogens is 4. The Balaban J connectivity index is 2.60. The predicted octanol–water partition coefficient (Wildman–Crippen LogP) is 4.48. The Bertz CT molecular complexity index is 1050. The van der Waals surface area contributed by atoms with Crippen LogP contribution in [0.4, 0.5) is 17.6 Å². The molecule has 0 saturated carbocycles. The first kappa shape index (κ1) is 26.0. The van der Waals surface area contributed by atoms with Crippen molar-refractivity contribution < 1.29 is 22.7 Å². The van der Waals surface area contributed by atoms with Gasteiger partial charge in [0.15, 0.2) is 0 Å². The molecule has 0 aliphatic heterocycles. The fourth-order valence-electron chi connectivity index (χ4n) is 2.99. The lowest BCUT2D eigenvalue weighted by molar-refractivity contribution is -0.0689. The molecule has 0 radical (unpaired) electrons. The number of allylic oxidation sites excluding steroid dienone is 1. The van der Waals surface area contributed by atoms with Crippen molar-refractivity contribution in [1.29, 1.82) is 0 Å². The van der Waals surface area contributed by atoms with Gasteiger partial charge in [-0.05, 0) is 20.2 Å². The van der Waals surface area contributed by atoms with E-state index in [4.69, 9.17) is 5.11 Å². The zero-order chi connectivity index (χ0) is 24.8. The molecule has 0 atom stereocenters. The Kier molecular flexibility index (Phi) is 8.72. The highest BCUT2D eigenvalue weighted by Gasteiger charge is 2.36. The van der Waals surface area contributed by atoms with Crippen LogP contribution < -0.4 is 5.32 Å². The fourth-order valence-corrected chi connectivity index (χ4v) is 2.99. The number of nitrogens with zero attached hydrogens (tertiary/aromatic N) is 4. The number of pyridine rings is 1. The average Bonchev–Trinajstić information content (AvgIpc) is 3.23. The van der Waals surface area contributed by atoms with Gasteiger partial charge in [0.05, 0.1) is 36.3 Å². The SMILES string of the molecule is C=Cc1c(C(=C)N/C(=C\F)CCN(C)C)cc(-c2cnn(CCO)c2)nc1C(=C)C(F)(F)F. The molecule has 0 aliphatic carbocycles. The molecule has 0 amide bonds. The van der Waals surface area contributed by atoms with Crippen molar-refractivity contribution in [2.75, 3.05) is 27.2 Å². The first-order valence-corrected chi connectivity index (χ1v) is 9.99. The van der Waals surface area contributed by atoms with Crippen molar-refractivity contribution in [3.05, 3.63) is 67.0 Å².